The van der Waals surface area contributed by atoms with Crippen molar-refractivity contribution in [2.24, 2.45) is 0 Å². The van der Waals surface area contributed by atoms with Gasteiger partial charge in [0.25, 0.3) is 0 Å². The molecule has 4 nitrogen and oxygen atoms in total. The summed E-state index contributed by atoms with van der Waals surface area (Å²) in [5.41, 5.74) is 0. The first kappa shape index (κ1) is 17.8. The van der Waals surface area contributed by atoms with Gasteiger partial charge in [0.05, 0.1) is 25.4 Å². The molecule has 0 aliphatic rings. The van der Waals surface area contributed by atoms with Crippen molar-refractivity contribution in [2.45, 2.75) is 64.6 Å². The van der Waals surface area contributed by atoms with Crippen molar-refractivity contribution < 1.29 is 19.7 Å². The van der Waals surface area contributed by atoms with Crippen LogP contribution in [0.1, 0.15) is 52.4 Å². The van der Waals surface area contributed by atoms with Gasteiger partial charge < -0.3 is 19.7 Å². The molecule has 0 aromatic carbocycles. The molecule has 0 saturated carbocycles. The van der Waals surface area contributed by atoms with Gasteiger partial charge in [-0.25, -0.2) is 0 Å². The Balaban J connectivity index is 3.11. The van der Waals surface area contributed by atoms with Gasteiger partial charge in [0.15, 0.2) is 0 Å². The molecule has 0 amide bonds. The molecule has 0 fully saturated rings. The van der Waals surface area contributed by atoms with E-state index in [9.17, 15) is 10.2 Å². The van der Waals surface area contributed by atoms with Crippen molar-refractivity contribution in [3.63, 3.8) is 0 Å². The van der Waals surface area contributed by atoms with Crippen molar-refractivity contribution in [3.05, 3.63) is 0 Å². The molecule has 0 aromatic heterocycles. The molecular weight excluding hydrogens is 232 g/mol. The molecule has 0 aromatic rings. The summed E-state index contributed by atoms with van der Waals surface area (Å²) in [4.78, 5) is 0. The maximum absolute atomic E-state index is 9.42. The van der Waals surface area contributed by atoms with Gasteiger partial charge in [-0.3, -0.25) is 0 Å². The van der Waals surface area contributed by atoms with Gasteiger partial charge >= 0.3 is 0 Å². The highest BCUT2D eigenvalue weighted by Gasteiger charge is 2.03. The summed E-state index contributed by atoms with van der Waals surface area (Å²) in [6.07, 6.45) is 4.80. The Morgan fingerprint density at radius 1 is 0.778 bits per heavy atom. The smallest absolute Gasteiger partial charge is 0.0773 e. The fourth-order valence-electron chi connectivity index (χ4n) is 1.68. The van der Waals surface area contributed by atoms with Crippen LogP contribution in [0.3, 0.4) is 0 Å². The van der Waals surface area contributed by atoms with Crippen LogP contribution in [0.15, 0.2) is 0 Å². The molecule has 110 valence electrons. The minimum Gasteiger partial charge on any atom is -0.391 e. The Morgan fingerprint density at radius 3 is 1.50 bits per heavy atom. The van der Waals surface area contributed by atoms with E-state index >= 15 is 0 Å². The van der Waals surface area contributed by atoms with E-state index in [0.29, 0.717) is 26.4 Å². The van der Waals surface area contributed by atoms with Crippen LogP contribution in [0.5, 0.6) is 0 Å². The monoisotopic (exact) mass is 262 g/mol. The molecule has 0 saturated heterocycles. The zero-order valence-electron chi connectivity index (χ0n) is 11.9. The minimum atomic E-state index is -0.324. The number of ether oxygens (including phenoxy) is 2. The lowest BCUT2D eigenvalue weighted by atomic mass is 10.2. The molecule has 0 spiro atoms. The van der Waals surface area contributed by atoms with Crippen LogP contribution >= 0.6 is 0 Å². The van der Waals surface area contributed by atoms with Crippen LogP contribution in [-0.4, -0.2) is 48.8 Å². The molecule has 0 aliphatic carbocycles. The average Bonchev–Trinajstić information content (AvgIpc) is 2.33. The summed E-state index contributed by atoms with van der Waals surface area (Å²) in [7, 11) is 0. The lowest BCUT2D eigenvalue weighted by Crippen LogP contribution is -2.16. The predicted molar refractivity (Wildman–Crippen MR) is 72.7 cm³/mol. The van der Waals surface area contributed by atoms with Gasteiger partial charge in [0.2, 0.25) is 0 Å². The summed E-state index contributed by atoms with van der Waals surface area (Å²) in [6, 6.07) is 0. The second-order valence-electron chi connectivity index (χ2n) is 4.74. The molecular formula is C14H30O4. The molecule has 2 N–H and O–H groups in total. The minimum absolute atomic E-state index is 0.324. The molecule has 2 atom stereocenters. The predicted octanol–water partition coefficient (Wildman–Crippen LogP) is 2.12. The van der Waals surface area contributed by atoms with E-state index in [1.807, 2.05) is 13.8 Å². The Labute approximate surface area is 111 Å². The number of hydrogen-bond donors (Lipinski definition) is 2. The third-order valence-electron chi connectivity index (χ3n) is 2.69. The first-order valence-corrected chi connectivity index (χ1v) is 7.22. The van der Waals surface area contributed by atoms with E-state index in [4.69, 9.17) is 9.47 Å². The van der Waals surface area contributed by atoms with Crippen molar-refractivity contribution in [1.29, 1.82) is 0 Å². The first-order valence-electron chi connectivity index (χ1n) is 7.22. The van der Waals surface area contributed by atoms with Gasteiger partial charge in [-0.15, -0.1) is 0 Å². The Bertz CT molecular complexity index is 146. The lowest BCUT2D eigenvalue weighted by molar-refractivity contribution is 0.0173. The Morgan fingerprint density at radius 2 is 1.17 bits per heavy atom. The van der Waals surface area contributed by atoms with Gasteiger partial charge in [-0.2, -0.15) is 0 Å². The van der Waals surface area contributed by atoms with E-state index in [1.165, 1.54) is 0 Å². The fourth-order valence-corrected chi connectivity index (χ4v) is 1.68. The van der Waals surface area contributed by atoms with Gasteiger partial charge in [-0.05, 0) is 25.7 Å². The number of unbranched alkanes of at least 4 members (excludes halogenated alkanes) is 1. The van der Waals surface area contributed by atoms with Crippen LogP contribution in [-0.2, 0) is 9.47 Å². The van der Waals surface area contributed by atoms with Gasteiger partial charge in [-0.1, -0.05) is 26.7 Å². The third-order valence-corrected chi connectivity index (χ3v) is 2.69. The average molecular weight is 262 g/mol. The molecule has 4 heteroatoms. The van der Waals surface area contributed by atoms with Crippen LogP contribution in [0.25, 0.3) is 0 Å². The number of hydrogen-bond acceptors (Lipinski definition) is 4. The summed E-state index contributed by atoms with van der Waals surface area (Å²) in [6.45, 7) is 6.30. The van der Waals surface area contributed by atoms with Crippen LogP contribution in [0.2, 0.25) is 0 Å². The Kier molecular flexibility index (Phi) is 13.2. The van der Waals surface area contributed by atoms with Gasteiger partial charge in [0, 0.05) is 13.2 Å². The molecule has 0 aliphatic heterocycles. The zero-order chi connectivity index (χ0) is 13.6. The van der Waals surface area contributed by atoms with E-state index in [0.717, 1.165) is 38.5 Å². The molecule has 0 bridgehead atoms. The second-order valence-corrected chi connectivity index (χ2v) is 4.74. The molecule has 2 unspecified atom stereocenters. The quantitative estimate of drug-likeness (QED) is 0.499. The van der Waals surface area contributed by atoms with E-state index < -0.39 is 0 Å². The third kappa shape index (κ3) is 12.3. The highest BCUT2D eigenvalue weighted by molar-refractivity contribution is 4.53. The topological polar surface area (TPSA) is 58.9 Å². The normalized spacial score (nSPS) is 14.7. The maximum Gasteiger partial charge on any atom is 0.0773 e. The van der Waals surface area contributed by atoms with Crippen molar-refractivity contribution in [2.75, 3.05) is 26.4 Å². The summed E-state index contributed by atoms with van der Waals surface area (Å²) in [5, 5.41) is 18.8. The lowest BCUT2D eigenvalue weighted by Gasteiger charge is -2.11. The van der Waals surface area contributed by atoms with Crippen molar-refractivity contribution in [1.82, 2.24) is 0 Å². The largest absolute Gasteiger partial charge is 0.391 e. The van der Waals surface area contributed by atoms with Crippen LogP contribution < -0.4 is 0 Å². The van der Waals surface area contributed by atoms with Crippen molar-refractivity contribution in [3.8, 4) is 0 Å². The number of rotatable bonds is 13. The highest BCUT2D eigenvalue weighted by Crippen LogP contribution is 2.00. The van der Waals surface area contributed by atoms with Crippen LogP contribution in [0, 0.1) is 0 Å². The molecule has 0 rings (SSSR count). The molecule has 0 heterocycles. The first-order chi connectivity index (χ1) is 8.70. The van der Waals surface area contributed by atoms with Gasteiger partial charge in [0.1, 0.15) is 0 Å². The number of aliphatic hydroxyl groups excluding tert-OH is 2. The fraction of sp³-hybridized carbons (Fsp3) is 1.00. The standard InChI is InChI=1S/C14H30O4/c1-3-7-13(15)11-17-9-5-6-10-18-12-14(16)8-4-2/h13-16H,3-12H2,1-2H3. The zero-order valence-corrected chi connectivity index (χ0v) is 11.9. The van der Waals surface area contributed by atoms with E-state index in [-0.39, 0.29) is 12.2 Å². The molecule has 0 radical (unpaired) electrons. The summed E-state index contributed by atoms with van der Waals surface area (Å²) < 4.78 is 10.7. The summed E-state index contributed by atoms with van der Waals surface area (Å²) >= 11 is 0. The second kappa shape index (κ2) is 13.3. The number of aliphatic hydroxyl groups is 2. The molecule has 18 heavy (non-hydrogen) atoms. The van der Waals surface area contributed by atoms with E-state index in [1.54, 1.807) is 0 Å². The highest BCUT2D eigenvalue weighted by atomic mass is 16.5. The summed E-state index contributed by atoms with van der Waals surface area (Å²) in [5.74, 6) is 0. The van der Waals surface area contributed by atoms with Crippen LogP contribution in [0.4, 0.5) is 0 Å². The SMILES string of the molecule is CCCC(O)COCCCCOCC(O)CCC. The van der Waals surface area contributed by atoms with E-state index in [2.05, 4.69) is 0 Å². The Hall–Kier alpha value is -0.160. The maximum atomic E-state index is 9.42. The van der Waals surface area contributed by atoms with Crippen molar-refractivity contribution >= 4 is 0 Å².